The topological polar surface area (TPSA) is 96.4 Å². The number of anilines is 1. The molecule has 0 aromatic carbocycles. The van der Waals surface area contributed by atoms with E-state index < -0.39 is 16.0 Å². The Morgan fingerprint density at radius 1 is 1.37 bits per heavy atom. The Morgan fingerprint density at radius 3 is 2.68 bits per heavy atom. The number of sulfonamides is 1. The summed E-state index contributed by atoms with van der Waals surface area (Å²) >= 11 is 1.13. The maximum atomic E-state index is 12.0. The number of aromatic nitrogens is 1. The molecule has 0 amide bonds. The van der Waals surface area contributed by atoms with Crippen LogP contribution in [-0.4, -0.2) is 24.5 Å². The molecule has 0 saturated heterocycles. The Hall–Kier alpha value is -1.93. The van der Waals surface area contributed by atoms with Crippen molar-refractivity contribution in [3.8, 4) is 0 Å². The van der Waals surface area contributed by atoms with Gasteiger partial charge in [-0.05, 0) is 31.2 Å². The molecule has 0 aliphatic rings. The molecule has 2 aromatic heterocycles. The molecule has 100 valence electrons. The molecule has 6 nitrogen and oxygen atoms in total. The highest BCUT2D eigenvalue weighted by Crippen LogP contribution is 2.22. The van der Waals surface area contributed by atoms with E-state index in [0.29, 0.717) is 0 Å². The van der Waals surface area contributed by atoms with Gasteiger partial charge in [0, 0.05) is 11.1 Å². The molecular weight excluding hydrogens is 288 g/mol. The zero-order chi connectivity index (χ0) is 14.0. The Kier molecular flexibility index (Phi) is 3.54. The van der Waals surface area contributed by atoms with E-state index in [1.165, 1.54) is 24.4 Å². The fourth-order valence-electron chi connectivity index (χ4n) is 1.36. The number of hydrogen-bond donors (Lipinski definition) is 2. The molecule has 0 saturated carbocycles. The smallest absolute Gasteiger partial charge is 0.335 e. The number of nitrogens with zero attached hydrogens (tertiary/aromatic N) is 1. The standard InChI is InChI=1S/C11H10N2O4S2/c1-7-2-3-10(18-7)19(16,17)13-9-6-8(11(14)15)4-5-12-9/h2-6H,1H3,(H,12,13)(H,14,15). The zero-order valence-corrected chi connectivity index (χ0v) is 11.5. The van der Waals surface area contributed by atoms with Crippen LogP contribution in [0.2, 0.25) is 0 Å². The predicted octanol–water partition coefficient (Wildman–Crippen LogP) is 1.95. The minimum Gasteiger partial charge on any atom is -0.478 e. The molecule has 2 aromatic rings. The minimum absolute atomic E-state index is 0.0223. The van der Waals surface area contributed by atoms with Gasteiger partial charge in [0.05, 0.1) is 5.56 Å². The van der Waals surface area contributed by atoms with E-state index >= 15 is 0 Å². The van der Waals surface area contributed by atoms with Crippen molar-refractivity contribution in [3.05, 3.63) is 40.9 Å². The summed E-state index contributed by atoms with van der Waals surface area (Å²) in [5.74, 6) is -1.17. The van der Waals surface area contributed by atoms with E-state index in [1.807, 2.05) is 0 Å². The third kappa shape index (κ3) is 3.09. The average molecular weight is 298 g/mol. The molecule has 0 aliphatic heterocycles. The van der Waals surface area contributed by atoms with Crippen molar-refractivity contribution in [1.29, 1.82) is 0 Å². The summed E-state index contributed by atoms with van der Waals surface area (Å²) in [4.78, 5) is 15.4. The van der Waals surface area contributed by atoms with Crippen LogP contribution in [0.5, 0.6) is 0 Å². The largest absolute Gasteiger partial charge is 0.478 e. The van der Waals surface area contributed by atoms with Crippen molar-refractivity contribution in [2.24, 2.45) is 0 Å². The number of nitrogens with one attached hydrogen (secondary N) is 1. The second kappa shape index (κ2) is 4.98. The second-order valence-electron chi connectivity index (χ2n) is 3.71. The van der Waals surface area contributed by atoms with Gasteiger partial charge in [0.1, 0.15) is 10.0 Å². The van der Waals surface area contributed by atoms with Crippen LogP contribution in [0.1, 0.15) is 15.2 Å². The Balaban J connectivity index is 2.30. The molecule has 0 unspecified atom stereocenters. The summed E-state index contributed by atoms with van der Waals surface area (Å²) in [6.07, 6.45) is 1.24. The van der Waals surface area contributed by atoms with Gasteiger partial charge < -0.3 is 5.11 Å². The van der Waals surface area contributed by atoms with Crippen LogP contribution in [0.15, 0.2) is 34.7 Å². The van der Waals surface area contributed by atoms with Gasteiger partial charge in [0.25, 0.3) is 10.0 Å². The summed E-state index contributed by atoms with van der Waals surface area (Å²) in [6, 6.07) is 5.64. The van der Waals surface area contributed by atoms with Crippen molar-refractivity contribution in [1.82, 2.24) is 4.98 Å². The van der Waals surface area contributed by atoms with Crippen LogP contribution in [0.4, 0.5) is 5.82 Å². The van der Waals surface area contributed by atoms with Crippen molar-refractivity contribution in [3.63, 3.8) is 0 Å². The van der Waals surface area contributed by atoms with E-state index in [9.17, 15) is 13.2 Å². The lowest BCUT2D eigenvalue weighted by Crippen LogP contribution is -2.13. The first-order valence-electron chi connectivity index (χ1n) is 5.17. The number of pyridine rings is 1. The third-order valence-electron chi connectivity index (χ3n) is 2.23. The molecule has 0 aliphatic carbocycles. The molecule has 0 fully saturated rings. The highest BCUT2D eigenvalue weighted by atomic mass is 32.2. The number of carbonyl (C=O) groups is 1. The van der Waals surface area contributed by atoms with Crippen molar-refractivity contribution in [2.45, 2.75) is 11.1 Å². The molecular formula is C11H10N2O4S2. The number of aromatic carboxylic acids is 1. The fourth-order valence-corrected chi connectivity index (χ4v) is 3.65. The van der Waals surface area contributed by atoms with Crippen molar-refractivity contribution >= 4 is 33.1 Å². The van der Waals surface area contributed by atoms with E-state index in [2.05, 4.69) is 9.71 Å². The third-order valence-corrected chi connectivity index (χ3v) is 5.07. The van der Waals surface area contributed by atoms with E-state index in [4.69, 9.17) is 5.11 Å². The first kappa shape index (κ1) is 13.5. The SMILES string of the molecule is Cc1ccc(S(=O)(=O)Nc2cc(C(=O)O)ccn2)s1. The fraction of sp³-hybridized carbons (Fsp3) is 0.0909. The molecule has 0 radical (unpaired) electrons. The molecule has 0 spiro atoms. The first-order chi connectivity index (χ1) is 8.88. The van der Waals surface area contributed by atoms with Gasteiger partial charge in [-0.3, -0.25) is 4.72 Å². The molecule has 8 heteroatoms. The number of carboxylic acid groups (broad SMARTS) is 1. The normalized spacial score (nSPS) is 11.2. The summed E-state index contributed by atoms with van der Waals surface area (Å²) < 4.78 is 26.4. The van der Waals surface area contributed by atoms with Crippen molar-refractivity contribution < 1.29 is 18.3 Å². The van der Waals surface area contributed by atoms with Gasteiger partial charge in [0.2, 0.25) is 0 Å². The lowest BCUT2D eigenvalue weighted by molar-refractivity contribution is 0.0697. The van der Waals surface area contributed by atoms with Gasteiger partial charge in [0.15, 0.2) is 0 Å². The van der Waals surface area contributed by atoms with Gasteiger partial charge in [-0.2, -0.15) is 0 Å². The van der Waals surface area contributed by atoms with E-state index in [0.717, 1.165) is 16.2 Å². The van der Waals surface area contributed by atoms with Crippen LogP contribution in [0.3, 0.4) is 0 Å². The highest BCUT2D eigenvalue weighted by Gasteiger charge is 2.17. The Bertz CT molecular complexity index is 722. The van der Waals surface area contributed by atoms with Crippen molar-refractivity contribution in [2.75, 3.05) is 4.72 Å². The van der Waals surface area contributed by atoms with Crippen LogP contribution < -0.4 is 4.72 Å². The average Bonchev–Trinajstić information content (AvgIpc) is 2.76. The molecule has 19 heavy (non-hydrogen) atoms. The molecule has 2 rings (SSSR count). The number of hydrogen-bond acceptors (Lipinski definition) is 5. The van der Waals surface area contributed by atoms with Gasteiger partial charge in [-0.1, -0.05) is 0 Å². The summed E-state index contributed by atoms with van der Waals surface area (Å²) in [5, 5.41) is 8.83. The molecule has 2 N–H and O–H groups in total. The van der Waals surface area contributed by atoms with E-state index in [-0.39, 0.29) is 15.6 Å². The molecule has 0 bridgehead atoms. The molecule has 2 heterocycles. The zero-order valence-electron chi connectivity index (χ0n) is 9.82. The second-order valence-corrected chi connectivity index (χ2v) is 6.90. The summed E-state index contributed by atoms with van der Waals surface area (Å²) in [5.41, 5.74) is -0.0324. The van der Waals surface area contributed by atoms with E-state index in [1.54, 1.807) is 13.0 Å². The maximum absolute atomic E-state index is 12.0. The first-order valence-corrected chi connectivity index (χ1v) is 7.47. The Labute approximate surface area is 113 Å². The maximum Gasteiger partial charge on any atom is 0.335 e. The minimum atomic E-state index is -3.72. The number of aryl methyl sites for hydroxylation is 1. The predicted molar refractivity (Wildman–Crippen MR) is 71.1 cm³/mol. The monoisotopic (exact) mass is 298 g/mol. The van der Waals surface area contributed by atoms with Gasteiger partial charge in [-0.25, -0.2) is 18.2 Å². The summed E-state index contributed by atoms with van der Waals surface area (Å²) in [7, 11) is -3.72. The van der Waals surface area contributed by atoms with Crippen LogP contribution >= 0.6 is 11.3 Å². The van der Waals surface area contributed by atoms with Crippen LogP contribution in [0, 0.1) is 6.92 Å². The number of carboxylic acids is 1. The lowest BCUT2D eigenvalue weighted by Gasteiger charge is -2.05. The number of rotatable bonds is 4. The van der Waals surface area contributed by atoms with Crippen LogP contribution in [-0.2, 0) is 10.0 Å². The lowest BCUT2D eigenvalue weighted by atomic mass is 10.3. The van der Waals surface area contributed by atoms with Crippen LogP contribution in [0.25, 0.3) is 0 Å². The molecule has 0 atom stereocenters. The summed E-state index contributed by atoms with van der Waals surface area (Å²) in [6.45, 7) is 1.80. The Morgan fingerprint density at radius 2 is 2.11 bits per heavy atom. The quantitative estimate of drug-likeness (QED) is 0.899. The highest BCUT2D eigenvalue weighted by molar-refractivity contribution is 7.94. The number of thiophene rings is 1. The van der Waals surface area contributed by atoms with Gasteiger partial charge >= 0.3 is 5.97 Å². The van der Waals surface area contributed by atoms with Gasteiger partial charge in [-0.15, -0.1) is 11.3 Å².